The molecule has 0 unspecified atom stereocenters. The molecule has 1 heterocycles. The number of alkyl halides is 3. The van der Waals surface area contributed by atoms with Crippen LogP contribution in [0.1, 0.15) is 21.7 Å². The van der Waals surface area contributed by atoms with E-state index in [0.29, 0.717) is 5.76 Å². The maximum absolute atomic E-state index is 12.8. The highest BCUT2D eigenvalue weighted by Gasteiger charge is 2.35. The third-order valence-corrected chi connectivity index (χ3v) is 2.68. The van der Waals surface area contributed by atoms with Crippen LogP contribution in [0, 0.1) is 6.92 Å². The number of hydrogen-bond acceptors (Lipinski definition) is 5. The first-order valence-corrected chi connectivity index (χ1v) is 6.34. The average molecular weight is 328 g/mol. The van der Waals surface area contributed by atoms with Gasteiger partial charge in [0.05, 0.1) is 11.1 Å². The molecule has 0 atom stereocenters. The van der Waals surface area contributed by atoms with Crippen molar-refractivity contribution >= 4 is 17.7 Å². The first-order valence-electron chi connectivity index (χ1n) is 6.34. The van der Waals surface area contributed by atoms with E-state index in [0.717, 1.165) is 18.2 Å². The van der Waals surface area contributed by atoms with Gasteiger partial charge in [0, 0.05) is 6.07 Å². The van der Waals surface area contributed by atoms with Gasteiger partial charge in [-0.25, -0.2) is 4.79 Å². The standard InChI is InChI=1S/C14H11F3N2O4/c1-8-6-11(19-23-8)18-12(20)7-22-13(21)9-4-2-3-5-10(9)14(15,16)17/h2-6H,7H2,1H3,(H,18,19,20). The highest BCUT2D eigenvalue weighted by Crippen LogP contribution is 2.32. The van der Waals surface area contributed by atoms with Crippen molar-refractivity contribution < 1.29 is 32.0 Å². The Labute approximate surface area is 128 Å². The molecule has 0 bridgehead atoms. The molecule has 0 aliphatic carbocycles. The summed E-state index contributed by atoms with van der Waals surface area (Å²) >= 11 is 0. The van der Waals surface area contributed by atoms with E-state index in [1.54, 1.807) is 6.92 Å². The van der Waals surface area contributed by atoms with Gasteiger partial charge < -0.3 is 14.6 Å². The van der Waals surface area contributed by atoms with E-state index in [1.165, 1.54) is 12.1 Å². The number of esters is 1. The Balaban J connectivity index is 1.99. The number of nitrogens with zero attached hydrogens (tertiary/aromatic N) is 1. The van der Waals surface area contributed by atoms with Crippen LogP contribution in [0.3, 0.4) is 0 Å². The van der Waals surface area contributed by atoms with Crippen molar-refractivity contribution in [3.05, 3.63) is 47.2 Å². The molecule has 0 saturated carbocycles. The molecule has 0 radical (unpaired) electrons. The minimum atomic E-state index is -4.70. The molecule has 2 rings (SSSR count). The van der Waals surface area contributed by atoms with Crippen molar-refractivity contribution in [2.24, 2.45) is 0 Å². The number of rotatable bonds is 4. The molecular weight excluding hydrogens is 317 g/mol. The van der Waals surface area contributed by atoms with Gasteiger partial charge >= 0.3 is 12.1 Å². The number of ether oxygens (including phenoxy) is 1. The second-order valence-electron chi connectivity index (χ2n) is 4.49. The summed E-state index contributed by atoms with van der Waals surface area (Å²) in [5.41, 5.74) is -1.79. The molecular formula is C14H11F3N2O4. The van der Waals surface area contributed by atoms with Crippen molar-refractivity contribution in [3.8, 4) is 0 Å². The molecule has 1 N–H and O–H groups in total. The summed E-state index contributed by atoms with van der Waals surface area (Å²) in [7, 11) is 0. The van der Waals surface area contributed by atoms with Crippen LogP contribution < -0.4 is 5.32 Å². The van der Waals surface area contributed by atoms with Gasteiger partial charge in [-0.05, 0) is 19.1 Å². The number of aromatic nitrogens is 1. The molecule has 6 nitrogen and oxygen atoms in total. The molecule has 1 aromatic carbocycles. The van der Waals surface area contributed by atoms with E-state index in [1.807, 2.05) is 0 Å². The SMILES string of the molecule is Cc1cc(NC(=O)COC(=O)c2ccccc2C(F)(F)F)no1. The smallest absolute Gasteiger partial charge is 0.417 e. The van der Waals surface area contributed by atoms with E-state index in [9.17, 15) is 22.8 Å². The third kappa shape index (κ3) is 4.31. The van der Waals surface area contributed by atoms with Gasteiger partial charge in [-0.1, -0.05) is 17.3 Å². The summed E-state index contributed by atoms with van der Waals surface area (Å²) in [5, 5.41) is 5.76. The molecule has 1 aromatic heterocycles. The van der Waals surface area contributed by atoms with E-state index in [4.69, 9.17) is 4.52 Å². The molecule has 0 spiro atoms. The summed E-state index contributed by atoms with van der Waals surface area (Å²) in [6.07, 6.45) is -4.70. The normalized spacial score (nSPS) is 11.1. The predicted molar refractivity (Wildman–Crippen MR) is 71.6 cm³/mol. The van der Waals surface area contributed by atoms with Crippen molar-refractivity contribution in [1.29, 1.82) is 0 Å². The summed E-state index contributed by atoms with van der Waals surface area (Å²) in [6.45, 7) is 0.855. The molecule has 9 heteroatoms. The highest BCUT2D eigenvalue weighted by molar-refractivity contribution is 5.95. The van der Waals surface area contributed by atoms with Crippen molar-refractivity contribution in [3.63, 3.8) is 0 Å². The fourth-order valence-electron chi connectivity index (χ4n) is 1.72. The lowest BCUT2D eigenvalue weighted by Gasteiger charge is -2.11. The van der Waals surface area contributed by atoms with Crippen LogP contribution in [0.4, 0.5) is 19.0 Å². The van der Waals surface area contributed by atoms with Crippen LogP contribution in [0.2, 0.25) is 0 Å². The first-order chi connectivity index (χ1) is 10.8. The van der Waals surface area contributed by atoms with Gasteiger partial charge in [-0.15, -0.1) is 0 Å². The number of benzene rings is 1. The van der Waals surface area contributed by atoms with Crippen molar-refractivity contribution in [2.45, 2.75) is 13.1 Å². The Hall–Kier alpha value is -2.84. The Morgan fingerprint density at radius 2 is 2.00 bits per heavy atom. The Bertz CT molecular complexity index is 725. The lowest BCUT2D eigenvalue weighted by Crippen LogP contribution is -2.22. The monoisotopic (exact) mass is 328 g/mol. The summed E-state index contributed by atoms with van der Waals surface area (Å²) < 4.78 is 47.7. The van der Waals surface area contributed by atoms with Gasteiger partial charge in [-0.3, -0.25) is 4.79 Å². The molecule has 0 saturated heterocycles. The molecule has 2 aromatic rings. The van der Waals surface area contributed by atoms with Gasteiger partial charge in [0.1, 0.15) is 5.76 Å². The number of anilines is 1. The number of aryl methyl sites for hydroxylation is 1. The zero-order chi connectivity index (χ0) is 17.0. The van der Waals surface area contributed by atoms with Crippen LogP contribution in [-0.4, -0.2) is 23.6 Å². The maximum Gasteiger partial charge on any atom is 0.417 e. The number of amides is 1. The van der Waals surface area contributed by atoms with Crippen molar-refractivity contribution in [1.82, 2.24) is 5.16 Å². The number of hydrogen-bond donors (Lipinski definition) is 1. The Morgan fingerprint density at radius 3 is 2.61 bits per heavy atom. The zero-order valence-electron chi connectivity index (χ0n) is 11.8. The van der Waals surface area contributed by atoms with Gasteiger partial charge in [0.2, 0.25) is 0 Å². The van der Waals surface area contributed by atoms with Crippen LogP contribution >= 0.6 is 0 Å². The summed E-state index contributed by atoms with van der Waals surface area (Å²) in [5.74, 6) is -1.43. The van der Waals surface area contributed by atoms with E-state index < -0.39 is 35.8 Å². The second kappa shape index (κ2) is 6.51. The number of carbonyl (C=O) groups excluding carboxylic acids is 2. The largest absolute Gasteiger partial charge is 0.452 e. The minimum absolute atomic E-state index is 0.110. The maximum atomic E-state index is 12.8. The number of nitrogens with one attached hydrogen (secondary N) is 1. The van der Waals surface area contributed by atoms with Gasteiger partial charge in [-0.2, -0.15) is 13.2 Å². The van der Waals surface area contributed by atoms with E-state index >= 15 is 0 Å². The number of halogens is 3. The first kappa shape index (κ1) is 16.5. The summed E-state index contributed by atoms with van der Waals surface area (Å²) in [4.78, 5) is 23.3. The Morgan fingerprint density at radius 1 is 1.30 bits per heavy atom. The molecule has 1 amide bonds. The summed E-state index contributed by atoms with van der Waals surface area (Å²) in [6, 6.07) is 5.58. The quantitative estimate of drug-likeness (QED) is 0.873. The van der Waals surface area contributed by atoms with Crippen LogP contribution in [0.15, 0.2) is 34.9 Å². The predicted octanol–water partition coefficient (Wildman–Crippen LogP) is 2.80. The van der Waals surface area contributed by atoms with Crippen LogP contribution in [0.25, 0.3) is 0 Å². The fourth-order valence-corrected chi connectivity index (χ4v) is 1.72. The molecule has 122 valence electrons. The van der Waals surface area contributed by atoms with Crippen molar-refractivity contribution in [2.75, 3.05) is 11.9 Å². The third-order valence-electron chi connectivity index (χ3n) is 2.68. The average Bonchev–Trinajstić information content (AvgIpc) is 2.89. The highest BCUT2D eigenvalue weighted by atomic mass is 19.4. The van der Waals surface area contributed by atoms with E-state index in [-0.39, 0.29) is 5.82 Å². The van der Waals surface area contributed by atoms with Crippen LogP contribution in [-0.2, 0) is 15.7 Å². The molecule has 23 heavy (non-hydrogen) atoms. The lowest BCUT2D eigenvalue weighted by atomic mass is 10.1. The molecule has 0 fully saturated rings. The van der Waals surface area contributed by atoms with Gasteiger partial charge in [0.15, 0.2) is 12.4 Å². The van der Waals surface area contributed by atoms with E-state index in [2.05, 4.69) is 15.2 Å². The van der Waals surface area contributed by atoms with Crippen LogP contribution in [0.5, 0.6) is 0 Å². The fraction of sp³-hybridized carbons (Fsp3) is 0.214. The topological polar surface area (TPSA) is 81.4 Å². The molecule has 0 aliphatic heterocycles. The molecule has 0 aliphatic rings. The van der Waals surface area contributed by atoms with Gasteiger partial charge in [0.25, 0.3) is 5.91 Å². The Kier molecular flexibility index (Phi) is 4.68. The lowest BCUT2D eigenvalue weighted by molar-refractivity contribution is -0.138. The number of carbonyl (C=O) groups is 2. The minimum Gasteiger partial charge on any atom is -0.452 e. The second-order valence-corrected chi connectivity index (χ2v) is 4.49. The zero-order valence-corrected chi connectivity index (χ0v) is 11.8.